The average molecular weight is 313 g/mol. The molecule has 1 rings (SSSR count). The van der Waals surface area contributed by atoms with Crippen molar-refractivity contribution >= 4 is 29.2 Å². The zero-order valence-electron chi connectivity index (χ0n) is 12.5. The molecule has 0 bridgehead atoms. The summed E-state index contributed by atoms with van der Waals surface area (Å²) in [5.41, 5.74) is 1.02. The molecule has 0 spiro atoms. The summed E-state index contributed by atoms with van der Waals surface area (Å²) in [6.45, 7) is 5.18. The molecule has 116 valence electrons. The number of hydrogen-bond donors (Lipinski definition) is 2. The lowest BCUT2D eigenvalue weighted by atomic mass is 10.2. The first kappa shape index (κ1) is 17.3. The van der Waals surface area contributed by atoms with Crippen molar-refractivity contribution in [2.75, 3.05) is 25.5 Å². The Balaban J connectivity index is 2.51. The predicted molar refractivity (Wildman–Crippen MR) is 83.7 cm³/mol. The van der Waals surface area contributed by atoms with Crippen LogP contribution in [0.2, 0.25) is 5.02 Å². The van der Waals surface area contributed by atoms with E-state index in [2.05, 4.69) is 15.4 Å². The van der Waals surface area contributed by atoms with E-state index in [0.29, 0.717) is 41.7 Å². The molecular weight excluding hydrogens is 292 g/mol. The van der Waals surface area contributed by atoms with Crippen LogP contribution in [0.5, 0.6) is 0 Å². The van der Waals surface area contributed by atoms with Crippen LogP contribution in [-0.4, -0.2) is 32.1 Å². The summed E-state index contributed by atoms with van der Waals surface area (Å²) in [4.78, 5) is 23.0. The van der Waals surface area contributed by atoms with E-state index in [-0.39, 0.29) is 5.91 Å². The fraction of sp³-hybridized carbons (Fsp3) is 0.467. The van der Waals surface area contributed by atoms with E-state index >= 15 is 0 Å². The van der Waals surface area contributed by atoms with Crippen molar-refractivity contribution < 1.29 is 14.3 Å². The van der Waals surface area contributed by atoms with Gasteiger partial charge in [-0.3, -0.25) is 4.79 Å². The lowest BCUT2D eigenvalue weighted by Crippen LogP contribution is -2.28. The highest BCUT2D eigenvalue weighted by Gasteiger charge is 2.09. The van der Waals surface area contributed by atoms with Gasteiger partial charge in [0.2, 0.25) is 5.91 Å². The van der Waals surface area contributed by atoms with E-state index in [4.69, 9.17) is 11.6 Å². The first-order chi connectivity index (χ1) is 9.93. The first-order valence-electron chi connectivity index (χ1n) is 6.82. The van der Waals surface area contributed by atoms with Gasteiger partial charge in [0.25, 0.3) is 0 Å². The highest BCUT2D eigenvalue weighted by atomic mass is 35.5. The van der Waals surface area contributed by atoms with Gasteiger partial charge >= 0.3 is 5.97 Å². The molecule has 0 atom stereocenters. The Bertz CT molecular complexity index is 504. The second-order valence-electron chi connectivity index (χ2n) is 5.06. The fourth-order valence-electron chi connectivity index (χ4n) is 1.62. The molecule has 0 aromatic heterocycles. The first-order valence-corrected chi connectivity index (χ1v) is 7.20. The monoisotopic (exact) mass is 312 g/mol. The Morgan fingerprint density at radius 2 is 2.05 bits per heavy atom. The minimum Gasteiger partial charge on any atom is -0.465 e. The number of esters is 1. The van der Waals surface area contributed by atoms with E-state index < -0.39 is 5.97 Å². The van der Waals surface area contributed by atoms with Gasteiger partial charge in [-0.05, 0) is 24.1 Å². The molecule has 1 amide bonds. The smallest absolute Gasteiger partial charge is 0.337 e. The number of halogens is 1. The number of anilines is 1. The molecule has 1 aromatic rings. The number of nitrogens with one attached hydrogen (secondary N) is 2. The lowest BCUT2D eigenvalue weighted by Gasteiger charge is -2.11. The highest BCUT2D eigenvalue weighted by molar-refractivity contribution is 6.33. The summed E-state index contributed by atoms with van der Waals surface area (Å²) < 4.78 is 4.65. The highest BCUT2D eigenvalue weighted by Crippen LogP contribution is 2.23. The van der Waals surface area contributed by atoms with Crippen molar-refractivity contribution in [2.24, 2.45) is 5.92 Å². The minimum atomic E-state index is -0.426. The topological polar surface area (TPSA) is 67.4 Å². The van der Waals surface area contributed by atoms with Crippen molar-refractivity contribution in [3.63, 3.8) is 0 Å². The maximum atomic E-state index is 11.6. The maximum Gasteiger partial charge on any atom is 0.337 e. The SMILES string of the molecule is COC(=O)c1ccc(Cl)c(NCCC(=O)NCC(C)C)c1. The third kappa shape index (κ3) is 6.04. The summed E-state index contributed by atoms with van der Waals surface area (Å²) in [6.07, 6.45) is 0.339. The molecule has 0 saturated carbocycles. The van der Waals surface area contributed by atoms with Crippen LogP contribution in [0.4, 0.5) is 5.69 Å². The van der Waals surface area contributed by atoms with E-state index in [0.717, 1.165) is 0 Å². The molecule has 5 nitrogen and oxygen atoms in total. The maximum absolute atomic E-state index is 11.6. The summed E-state index contributed by atoms with van der Waals surface area (Å²) in [7, 11) is 1.32. The van der Waals surface area contributed by atoms with Crippen LogP contribution >= 0.6 is 11.6 Å². The van der Waals surface area contributed by atoms with Gasteiger partial charge in [-0.25, -0.2) is 4.79 Å². The molecule has 0 aliphatic heterocycles. The van der Waals surface area contributed by atoms with Crippen molar-refractivity contribution in [2.45, 2.75) is 20.3 Å². The fourth-order valence-corrected chi connectivity index (χ4v) is 1.81. The van der Waals surface area contributed by atoms with E-state index in [9.17, 15) is 9.59 Å². The Labute approximate surface area is 130 Å². The molecule has 0 saturated heterocycles. The molecular formula is C15H21ClN2O3. The van der Waals surface area contributed by atoms with Gasteiger partial charge in [0.15, 0.2) is 0 Å². The Hall–Kier alpha value is -1.75. The van der Waals surface area contributed by atoms with E-state index in [1.54, 1.807) is 18.2 Å². The second-order valence-corrected chi connectivity index (χ2v) is 5.47. The number of hydrogen-bond acceptors (Lipinski definition) is 4. The zero-order valence-corrected chi connectivity index (χ0v) is 13.3. The summed E-state index contributed by atoms with van der Waals surface area (Å²) >= 11 is 6.05. The van der Waals surface area contributed by atoms with Crippen molar-refractivity contribution in [1.29, 1.82) is 0 Å². The van der Waals surface area contributed by atoms with Crippen LogP contribution in [-0.2, 0) is 9.53 Å². The largest absolute Gasteiger partial charge is 0.465 e. The number of amides is 1. The number of methoxy groups -OCH3 is 1. The Morgan fingerprint density at radius 3 is 2.67 bits per heavy atom. The van der Waals surface area contributed by atoms with Gasteiger partial charge < -0.3 is 15.4 Å². The number of rotatable bonds is 7. The van der Waals surface area contributed by atoms with Gasteiger partial charge in [0, 0.05) is 19.5 Å². The molecule has 0 heterocycles. The molecule has 0 unspecified atom stereocenters. The van der Waals surface area contributed by atoms with Gasteiger partial charge in [-0.1, -0.05) is 25.4 Å². The predicted octanol–water partition coefficient (Wildman–Crippen LogP) is 2.70. The summed E-state index contributed by atoms with van der Waals surface area (Å²) in [5.74, 6) is -0.0195. The molecule has 1 aromatic carbocycles. The van der Waals surface area contributed by atoms with Crippen LogP contribution in [0.1, 0.15) is 30.6 Å². The molecule has 0 fully saturated rings. The zero-order chi connectivity index (χ0) is 15.8. The molecule has 2 N–H and O–H groups in total. The van der Waals surface area contributed by atoms with Crippen molar-refractivity contribution in [1.82, 2.24) is 5.32 Å². The number of ether oxygens (including phenoxy) is 1. The summed E-state index contributed by atoms with van der Waals surface area (Å²) in [6, 6.07) is 4.82. The molecule has 0 aliphatic rings. The van der Waals surface area contributed by atoms with E-state index in [1.807, 2.05) is 13.8 Å². The minimum absolute atomic E-state index is 0.0172. The standard InChI is InChI=1S/C15H21ClN2O3/c1-10(2)9-18-14(19)6-7-17-13-8-11(15(20)21-3)4-5-12(13)16/h4-5,8,10,17H,6-7,9H2,1-3H3,(H,18,19). The van der Waals surface area contributed by atoms with Gasteiger partial charge in [0.05, 0.1) is 23.4 Å². The quantitative estimate of drug-likeness (QED) is 0.760. The lowest BCUT2D eigenvalue weighted by molar-refractivity contribution is -0.120. The van der Waals surface area contributed by atoms with E-state index in [1.165, 1.54) is 7.11 Å². The summed E-state index contributed by atoms with van der Waals surface area (Å²) in [5, 5.41) is 6.38. The number of benzene rings is 1. The molecule has 0 aliphatic carbocycles. The normalized spacial score (nSPS) is 10.3. The van der Waals surface area contributed by atoms with Crippen LogP contribution in [0, 0.1) is 5.92 Å². The molecule has 6 heteroatoms. The molecule has 21 heavy (non-hydrogen) atoms. The van der Waals surface area contributed by atoms with Crippen LogP contribution < -0.4 is 10.6 Å². The second kappa shape index (κ2) is 8.52. The average Bonchev–Trinajstić information content (AvgIpc) is 2.46. The van der Waals surface area contributed by atoms with Crippen molar-refractivity contribution in [3.8, 4) is 0 Å². The van der Waals surface area contributed by atoms with Crippen LogP contribution in [0.3, 0.4) is 0 Å². The third-order valence-corrected chi connectivity index (χ3v) is 3.09. The van der Waals surface area contributed by atoms with Crippen LogP contribution in [0.15, 0.2) is 18.2 Å². The van der Waals surface area contributed by atoms with Gasteiger partial charge in [-0.15, -0.1) is 0 Å². The number of carbonyl (C=O) groups is 2. The van der Waals surface area contributed by atoms with Crippen LogP contribution in [0.25, 0.3) is 0 Å². The molecule has 0 radical (unpaired) electrons. The Kier molecular flexibility index (Phi) is 7.02. The number of carbonyl (C=O) groups excluding carboxylic acids is 2. The Morgan fingerprint density at radius 1 is 1.33 bits per heavy atom. The van der Waals surface area contributed by atoms with Gasteiger partial charge in [0.1, 0.15) is 0 Å². The third-order valence-electron chi connectivity index (χ3n) is 2.76. The van der Waals surface area contributed by atoms with Gasteiger partial charge in [-0.2, -0.15) is 0 Å². The van der Waals surface area contributed by atoms with Crippen molar-refractivity contribution in [3.05, 3.63) is 28.8 Å².